The summed E-state index contributed by atoms with van der Waals surface area (Å²) in [4.78, 5) is 14.0. The molecule has 7 nitrogen and oxygen atoms in total. The van der Waals surface area contributed by atoms with Crippen molar-refractivity contribution < 1.29 is 4.79 Å². The maximum absolute atomic E-state index is 12.0. The highest BCUT2D eigenvalue weighted by Gasteiger charge is 2.27. The summed E-state index contributed by atoms with van der Waals surface area (Å²) in [7, 11) is 0. The number of nitrogens with one attached hydrogen (secondary N) is 1. The van der Waals surface area contributed by atoms with Gasteiger partial charge in [-0.3, -0.25) is 4.79 Å². The number of carbonyl (C=O) groups excluding carboxylic acids is 1. The van der Waals surface area contributed by atoms with Gasteiger partial charge in [-0.2, -0.15) is 10.4 Å². The van der Waals surface area contributed by atoms with Crippen molar-refractivity contribution in [2.45, 2.75) is 12.8 Å². The van der Waals surface area contributed by atoms with Gasteiger partial charge in [0.15, 0.2) is 5.82 Å². The van der Waals surface area contributed by atoms with Crippen LogP contribution < -0.4 is 16.0 Å². The first kappa shape index (κ1) is 14.2. The first-order valence-electron chi connectivity index (χ1n) is 6.70. The minimum Gasteiger partial charge on any atom is -0.355 e. The molecular formula is C13H18N6O. The molecule has 20 heavy (non-hydrogen) atoms. The summed E-state index contributed by atoms with van der Waals surface area (Å²) in [6.45, 7) is 2.27. The predicted molar refractivity (Wildman–Crippen MR) is 73.7 cm³/mol. The van der Waals surface area contributed by atoms with Crippen LogP contribution in [0.3, 0.4) is 0 Å². The fourth-order valence-electron chi connectivity index (χ4n) is 2.37. The lowest BCUT2D eigenvalue weighted by atomic mass is 9.97. The van der Waals surface area contributed by atoms with Crippen LogP contribution in [-0.4, -0.2) is 42.3 Å². The molecule has 0 bridgehead atoms. The first-order chi connectivity index (χ1) is 9.76. The third-order valence-corrected chi connectivity index (χ3v) is 3.36. The van der Waals surface area contributed by atoms with E-state index in [9.17, 15) is 4.79 Å². The van der Waals surface area contributed by atoms with Gasteiger partial charge in [-0.15, -0.1) is 5.10 Å². The fourth-order valence-corrected chi connectivity index (χ4v) is 2.37. The van der Waals surface area contributed by atoms with Gasteiger partial charge in [-0.1, -0.05) is 0 Å². The highest BCUT2D eigenvalue weighted by atomic mass is 16.1. The number of hydrogen-bond acceptors (Lipinski definition) is 6. The second-order valence-electron chi connectivity index (χ2n) is 4.75. The third-order valence-electron chi connectivity index (χ3n) is 3.36. The molecule has 1 aliphatic heterocycles. The highest BCUT2D eigenvalue weighted by Crippen LogP contribution is 2.23. The molecular weight excluding hydrogens is 256 g/mol. The lowest BCUT2D eigenvalue weighted by Gasteiger charge is -2.32. The first-order valence-corrected chi connectivity index (χ1v) is 6.70. The summed E-state index contributed by atoms with van der Waals surface area (Å²) in [6.07, 6.45) is 3.23. The molecule has 0 aliphatic carbocycles. The maximum Gasteiger partial charge on any atom is 0.224 e. The summed E-state index contributed by atoms with van der Waals surface area (Å²) in [6, 6.07) is 3.75. The molecule has 0 saturated carbocycles. The van der Waals surface area contributed by atoms with Gasteiger partial charge in [0.1, 0.15) is 6.07 Å². The average Bonchev–Trinajstić information content (AvgIpc) is 2.52. The van der Waals surface area contributed by atoms with E-state index in [-0.39, 0.29) is 11.8 Å². The number of piperidine rings is 1. The van der Waals surface area contributed by atoms with Crippen molar-refractivity contribution in [2.24, 2.45) is 11.7 Å². The smallest absolute Gasteiger partial charge is 0.224 e. The van der Waals surface area contributed by atoms with Gasteiger partial charge in [0.05, 0.1) is 17.7 Å². The van der Waals surface area contributed by atoms with Gasteiger partial charge in [0, 0.05) is 26.2 Å². The SMILES string of the molecule is N#Cc1ccnnc1N1CCCC(C(=O)NCCN)C1. The van der Waals surface area contributed by atoms with Crippen LogP contribution in [0.25, 0.3) is 0 Å². The zero-order valence-electron chi connectivity index (χ0n) is 11.2. The number of aromatic nitrogens is 2. The molecule has 2 heterocycles. The van der Waals surface area contributed by atoms with Crippen LogP contribution >= 0.6 is 0 Å². The van der Waals surface area contributed by atoms with Crippen LogP contribution in [0.2, 0.25) is 0 Å². The number of nitrogens with zero attached hydrogens (tertiary/aromatic N) is 4. The zero-order chi connectivity index (χ0) is 14.4. The van der Waals surface area contributed by atoms with Crippen LogP contribution in [-0.2, 0) is 4.79 Å². The number of amides is 1. The summed E-state index contributed by atoms with van der Waals surface area (Å²) >= 11 is 0. The molecule has 7 heteroatoms. The Bertz CT molecular complexity index is 512. The number of carbonyl (C=O) groups is 1. The zero-order valence-corrected chi connectivity index (χ0v) is 11.2. The quantitative estimate of drug-likeness (QED) is 0.776. The molecule has 1 saturated heterocycles. The second-order valence-corrected chi connectivity index (χ2v) is 4.75. The van der Waals surface area contributed by atoms with Crippen LogP contribution in [0.4, 0.5) is 5.82 Å². The Labute approximate surface area is 117 Å². The number of nitrogens with two attached hydrogens (primary N) is 1. The van der Waals surface area contributed by atoms with E-state index in [1.807, 2.05) is 4.90 Å². The molecule has 0 radical (unpaired) electrons. The Kier molecular flexibility index (Phi) is 4.85. The van der Waals surface area contributed by atoms with Crippen molar-refractivity contribution in [3.63, 3.8) is 0 Å². The van der Waals surface area contributed by atoms with E-state index in [4.69, 9.17) is 11.0 Å². The number of anilines is 1. The van der Waals surface area contributed by atoms with Crippen molar-refractivity contribution in [3.05, 3.63) is 17.8 Å². The lowest BCUT2D eigenvalue weighted by Crippen LogP contribution is -2.44. The van der Waals surface area contributed by atoms with E-state index < -0.39 is 0 Å². The average molecular weight is 274 g/mol. The van der Waals surface area contributed by atoms with Gasteiger partial charge in [0.25, 0.3) is 0 Å². The van der Waals surface area contributed by atoms with Gasteiger partial charge in [0.2, 0.25) is 5.91 Å². The molecule has 106 valence electrons. The number of nitriles is 1. The van der Waals surface area contributed by atoms with E-state index in [2.05, 4.69) is 21.6 Å². The molecule has 1 atom stereocenters. The Morgan fingerprint density at radius 2 is 2.50 bits per heavy atom. The Morgan fingerprint density at radius 1 is 1.65 bits per heavy atom. The normalized spacial score (nSPS) is 18.4. The van der Waals surface area contributed by atoms with Gasteiger partial charge < -0.3 is 16.0 Å². The highest BCUT2D eigenvalue weighted by molar-refractivity contribution is 5.79. The number of rotatable bonds is 4. The topological polar surface area (TPSA) is 108 Å². The van der Waals surface area contributed by atoms with Crippen molar-refractivity contribution in [1.29, 1.82) is 5.26 Å². The molecule has 1 aliphatic rings. The van der Waals surface area contributed by atoms with Gasteiger partial charge in [-0.05, 0) is 18.9 Å². The van der Waals surface area contributed by atoms with E-state index >= 15 is 0 Å². The van der Waals surface area contributed by atoms with Crippen molar-refractivity contribution in [2.75, 3.05) is 31.1 Å². The predicted octanol–water partition coefficient (Wildman–Crippen LogP) is -0.360. The van der Waals surface area contributed by atoms with E-state index in [0.29, 0.717) is 31.0 Å². The summed E-state index contributed by atoms with van der Waals surface area (Å²) in [5.41, 5.74) is 5.87. The van der Waals surface area contributed by atoms with Crippen LogP contribution in [0.15, 0.2) is 12.3 Å². The molecule has 1 aromatic heterocycles. The van der Waals surface area contributed by atoms with Crippen LogP contribution in [0, 0.1) is 17.2 Å². The third kappa shape index (κ3) is 3.22. The van der Waals surface area contributed by atoms with E-state index in [1.165, 1.54) is 6.20 Å². The van der Waals surface area contributed by atoms with Gasteiger partial charge >= 0.3 is 0 Å². The molecule has 3 N–H and O–H groups in total. The van der Waals surface area contributed by atoms with E-state index in [1.54, 1.807) is 6.07 Å². The standard InChI is InChI=1S/C13H18N6O/c14-4-6-16-13(20)11-2-1-7-19(9-11)12-10(8-15)3-5-17-18-12/h3,5,11H,1-2,4,6-7,9,14H2,(H,16,20). The van der Waals surface area contributed by atoms with Crippen molar-refractivity contribution in [1.82, 2.24) is 15.5 Å². The Balaban J connectivity index is 2.07. The maximum atomic E-state index is 12.0. The molecule has 1 unspecified atom stereocenters. The molecule has 1 aromatic rings. The monoisotopic (exact) mass is 274 g/mol. The minimum atomic E-state index is -0.0937. The minimum absolute atomic E-state index is 0.0162. The van der Waals surface area contributed by atoms with E-state index in [0.717, 1.165) is 19.4 Å². The summed E-state index contributed by atoms with van der Waals surface area (Å²) < 4.78 is 0. The van der Waals surface area contributed by atoms with Gasteiger partial charge in [-0.25, -0.2) is 0 Å². The Morgan fingerprint density at radius 3 is 3.25 bits per heavy atom. The van der Waals surface area contributed by atoms with Crippen LogP contribution in [0.5, 0.6) is 0 Å². The number of hydrogen-bond donors (Lipinski definition) is 2. The van der Waals surface area contributed by atoms with Crippen LogP contribution in [0.1, 0.15) is 18.4 Å². The summed E-state index contributed by atoms with van der Waals surface area (Å²) in [5, 5.41) is 19.8. The van der Waals surface area contributed by atoms with Crippen molar-refractivity contribution >= 4 is 11.7 Å². The molecule has 0 aromatic carbocycles. The molecule has 2 rings (SSSR count). The molecule has 1 fully saturated rings. The largest absolute Gasteiger partial charge is 0.355 e. The lowest BCUT2D eigenvalue weighted by molar-refractivity contribution is -0.125. The Hall–Kier alpha value is -2.20. The summed E-state index contributed by atoms with van der Waals surface area (Å²) in [5.74, 6) is 0.484. The second kappa shape index (κ2) is 6.82. The fraction of sp³-hybridized carbons (Fsp3) is 0.538. The van der Waals surface area contributed by atoms with Crippen molar-refractivity contribution in [3.8, 4) is 6.07 Å². The molecule has 0 spiro atoms. The molecule has 1 amide bonds.